The fraction of sp³-hybridized carbons (Fsp3) is 0.417. The number of fused-ring (bicyclic) bond motifs is 1. The number of rotatable bonds is 2. The highest BCUT2D eigenvalue weighted by Gasteiger charge is 2.24. The van der Waals surface area contributed by atoms with Gasteiger partial charge >= 0.3 is 5.97 Å². The predicted octanol–water partition coefficient (Wildman–Crippen LogP) is 1.67. The van der Waals surface area contributed by atoms with Crippen LogP contribution in [0, 0.1) is 5.92 Å². The molecule has 1 aromatic rings. The van der Waals surface area contributed by atoms with Gasteiger partial charge in [-0.3, -0.25) is 4.79 Å². The van der Waals surface area contributed by atoms with Crippen LogP contribution in [-0.2, 0) is 22.4 Å². The van der Waals surface area contributed by atoms with Gasteiger partial charge in [0.1, 0.15) is 5.75 Å². The van der Waals surface area contributed by atoms with Crippen molar-refractivity contribution in [3.63, 3.8) is 0 Å². The van der Waals surface area contributed by atoms with Crippen LogP contribution in [0.1, 0.15) is 17.5 Å². The molecule has 0 bridgehead atoms. The summed E-state index contributed by atoms with van der Waals surface area (Å²) in [5, 5.41) is 9.32. The van der Waals surface area contributed by atoms with Crippen LogP contribution in [0.4, 0.5) is 0 Å². The molecule has 0 saturated carbocycles. The maximum Gasteiger partial charge on any atom is 0.305 e. The molecule has 80 valence electrons. The number of benzene rings is 1. The van der Waals surface area contributed by atoms with Gasteiger partial charge in [0.15, 0.2) is 0 Å². The van der Waals surface area contributed by atoms with Crippen LogP contribution in [0.15, 0.2) is 18.2 Å². The van der Waals surface area contributed by atoms with E-state index in [-0.39, 0.29) is 5.97 Å². The fourth-order valence-corrected chi connectivity index (χ4v) is 2.16. The van der Waals surface area contributed by atoms with Crippen LogP contribution < -0.4 is 0 Å². The van der Waals surface area contributed by atoms with Crippen LogP contribution >= 0.6 is 0 Å². The fourth-order valence-electron chi connectivity index (χ4n) is 2.16. The van der Waals surface area contributed by atoms with Crippen LogP contribution in [0.2, 0.25) is 0 Å². The molecule has 3 heteroatoms. The lowest BCUT2D eigenvalue weighted by atomic mass is 10.0. The van der Waals surface area contributed by atoms with Gasteiger partial charge < -0.3 is 9.84 Å². The Bertz CT molecular complexity index is 384. The number of hydrogen-bond acceptors (Lipinski definition) is 3. The molecule has 1 aliphatic rings. The molecule has 1 unspecified atom stereocenters. The Balaban J connectivity index is 2.06. The monoisotopic (exact) mass is 206 g/mol. The minimum Gasteiger partial charge on any atom is -0.508 e. The smallest absolute Gasteiger partial charge is 0.305 e. The largest absolute Gasteiger partial charge is 0.508 e. The van der Waals surface area contributed by atoms with Crippen molar-refractivity contribution in [2.24, 2.45) is 5.92 Å². The maximum atomic E-state index is 11.1. The number of carbonyl (C=O) groups excluding carboxylic acids is 1. The molecule has 1 aromatic carbocycles. The summed E-state index contributed by atoms with van der Waals surface area (Å²) in [6.07, 6.45) is 2.23. The van der Waals surface area contributed by atoms with Crippen molar-refractivity contribution in [2.45, 2.75) is 19.3 Å². The van der Waals surface area contributed by atoms with E-state index < -0.39 is 0 Å². The summed E-state index contributed by atoms with van der Waals surface area (Å²) in [6, 6.07) is 5.41. The maximum absolute atomic E-state index is 11.1. The predicted molar refractivity (Wildman–Crippen MR) is 55.6 cm³/mol. The average molecular weight is 206 g/mol. The second kappa shape index (κ2) is 3.93. The van der Waals surface area contributed by atoms with E-state index in [0.29, 0.717) is 18.1 Å². The lowest BCUT2D eigenvalue weighted by molar-refractivity contribution is -0.141. The summed E-state index contributed by atoms with van der Waals surface area (Å²) >= 11 is 0. The first-order valence-electron chi connectivity index (χ1n) is 5.06. The number of phenolic OH excluding ortho intramolecular Hbond substituents is 1. The number of esters is 1. The van der Waals surface area contributed by atoms with Gasteiger partial charge in [0.2, 0.25) is 0 Å². The molecular formula is C12H14O3. The third-order valence-electron chi connectivity index (χ3n) is 2.89. The van der Waals surface area contributed by atoms with Crippen molar-refractivity contribution >= 4 is 5.97 Å². The first-order valence-corrected chi connectivity index (χ1v) is 5.06. The zero-order chi connectivity index (χ0) is 10.8. The number of methoxy groups -OCH3 is 1. The molecule has 0 amide bonds. The van der Waals surface area contributed by atoms with Crippen molar-refractivity contribution in [1.29, 1.82) is 0 Å². The third-order valence-corrected chi connectivity index (χ3v) is 2.89. The van der Waals surface area contributed by atoms with E-state index in [1.165, 1.54) is 12.7 Å². The lowest BCUT2D eigenvalue weighted by Crippen LogP contribution is -2.09. The minimum atomic E-state index is -0.156. The van der Waals surface area contributed by atoms with Gasteiger partial charge in [-0.2, -0.15) is 0 Å². The van der Waals surface area contributed by atoms with E-state index in [2.05, 4.69) is 4.74 Å². The Kier molecular flexibility index (Phi) is 2.62. The van der Waals surface area contributed by atoms with Gasteiger partial charge in [-0.25, -0.2) is 0 Å². The van der Waals surface area contributed by atoms with E-state index in [9.17, 15) is 9.90 Å². The number of phenols is 1. The summed E-state index contributed by atoms with van der Waals surface area (Å²) in [6.45, 7) is 0. The summed E-state index contributed by atoms with van der Waals surface area (Å²) in [4.78, 5) is 11.1. The highest BCUT2D eigenvalue weighted by Crippen LogP contribution is 2.31. The molecule has 0 fully saturated rings. The molecule has 0 radical (unpaired) electrons. The third kappa shape index (κ3) is 2.12. The van der Waals surface area contributed by atoms with Gasteiger partial charge in [0.05, 0.1) is 7.11 Å². The zero-order valence-corrected chi connectivity index (χ0v) is 8.69. The number of ether oxygens (including phenoxy) is 1. The second-order valence-corrected chi connectivity index (χ2v) is 4.01. The summed E-state index contributed by atoms with van der Waals surface area (Å²) < 4.78 is 4.65. The molecule has 3 nitrogen and oxygen atoms in total. The highest BCUT2D eigenvalue weighted by molar-refractivity contribution is 5.69. The highest BCUT2D eigenvalue weighted by atomic mass is 16.5. The topological polar surface area (TPSA) is 46.5 Å². The van der Waals surface area contributed by atoms with Crippen LogP contribution in [0.3, 0.4) is 0 Å². The van der Waals surface area contributed by atoms with E-state index in [0.717, 1.165) is 18.4 Å². The molecule has 0 aromatic heterocycles. The van der Waals surface area contributed by atoms with E-state index >= 15 is 0 Å². The van der Waals surface area contributed by atoms with Crippen molar-refractivity contribution < 1.29 is 14.6 Å². The quantitative estimate of drug-likeness (QED) is 0.749. The standard InChI is InChI=1S/C12H14O3/c1-15-12(14)6-8-4-9-2-3-11(13)7-10(9)5-8/h2-3,7-8,13H,4-6H2,1H3. The Morgan fingerprint density at radius 1 is 1.47 bits per heavy atom. The first-order chi connectivity index (χ1) is 7.19. The van der Waals surface area contributed by atoms with Crippen molar-refractivity contribution in [3.05, 3.63) is 29.3 Å². The summed E-state index contributed by atoms with van der Waals surface area (Å²) in [7, 11) is 1.41. The number of aromatic hydroxyl groups is 1. The molecule has 2 rings (SSSR count). The van der Waals surface area contributed by atoms with Crippen LogP contribution in [0.25, 0.3) is 0 Å². The first kappa shape index (κ1) is 10.0. The minimum absolute atomic E-state index is 0.156. The van der Waals surface area contributed by atoms with Crippen LogP contribution in [0.5, 0.6) is 5.75 Å². The van der Waals surface area contributed by atoms with Gasteiger partial charge in [-0.05, 0) is 42.0 Å². The molecule has 0 spiro atoms. The molecule has 0 saturated heterocycles. The number of carbonyl (C=O) groups is 1. The van der Waals surface area contributed by atoms with Crippen molar-refractivity contribution in [2.75, 3.05) is 7.11 Å². The molecular weight excluding hydrogens is 192 g/mol. The van der Waals surface area contributed by atoms with E-state index in [4.69, 9.17) is 0 Å². The molecule has 15 heavy (non-hydrogen) atoms. The number of hydrogen-bond donors (Lipinski definition) is 1. The molecule has 0 aliphatic heterocycles. The molecule has 1 N–H and O–H groups in total. The Hall–Kier alpha value is -1.51. The Morgan fingerprint density at radius 2 is 2.20 bits per heavy atom. The van der Waals surface area contributed by atoms with Crippen molar-refractivity contribution in [3.8, 4) is 5.75 Å². The summed E-state index contributed by atoms with van der Waals surface area (Å²) in [5.74, 6) is 0.471. The van der Waals surface area contributed by atoms with Crippen LogP contribution in [-0.4, -0.2) is 18.2 Å². The second-order valence-electron chi connectivity index (χ2n) is 4.01. The zero-order valence-electron chi connectivity index (χ0n) is 8.69. The average Bonchev–Trinajstić information content (AvgIpc) is 2.59. The molecule has 1 aliphatic carbocycles. The van der Waals surface area contributed by atoms with Gasteiger partial charge in [-0.15, -0.1) is 0 Å². The SMILES string of the molecule is COC(=O)CC1Cc2ccc(O)cc2C1. The molecule has 1 atom stereocenters. The van der Waals surface area contributed by atoms with E-state index in [1.807, 2.05) is 6.07 Å². The van der Waals surface area contributed by atoms with Crippen molar-refractivity contribution in [1.82, 2.24) is 0 Å². The Labute approximate surface area is 88.7 Å². The normalized spacial score (nSPS) is 18.6. The van der Waals surface area contributed by atoms with E-state index in [1.54, 1.807) is 12.1 Å². The summed E-state index contributed by atoms with van der Waals surface area (Å²) in [5.41, 5.74) is 2.39. The van der Waals surface area contributed by atoms with Gasteiger partial charge in [0, 0.05) is 6.42 Å². The van der Waals surface area contributed by atoms with Gasteiger partial charge in [-0.1, -0.05) is 6.07 Å². The van der Waals surface area contributed by atoms with Gasteiger partial charge in [0.25, 0.3) is 0 Å². The lowest BCUT2D eigenvalue weighted by Gasteiger charge is -2.05. The molecule has 0 heterocycles. The Morgan fingerprint density at radius 3 is 2.93 bits per heavy atom.